The van der Waals surface area contributed by atoms with Gasteiger partial charge in [-0.1, -0.05) is 5.16 Å². The van der Waals surface area contributed by atoms with E-state index in [0.717, 1.165) is 0 Å². The van der Waals surface area contributed by atoms with Crippen LogP contribution in [0.5, 0.6) is 0 Å². The van der Waals surface area contributed by atoms with Gasteiger partial charge < -0.3 is 21.3 Å². The first-order chi connectivity index (χ1) is 9.06. The number of amides is 1. The number of rotatable bonds is 4. The fourth-order valence-corrected chi connectivity index (χ4v) is 1.61. The van der Waals surface area contributed by atoms with E-state index in [2.05, 4.69) is 15.5 Å². The molecule has 0 spiro atoms. The highest BCUT2D eigenvalue weighted by Crippen LogP contribution is 2.15. The summed E-state index contributed by atoms with van der Waals surface area (Å²) in [6.07, 6.45) is 0.498. The number of hydrogen-bond donors (Lipinski definition) is 3. The number of nitrogens with zero attached hydrogens (tertiary/aromatic N) is 2. The number of anilines is 2. The van der Waals surface area contributed by atoms with Crippen molar-refractivity contribution < 1.29 is 9.32 Å². The van der Waals surface area contributed by atoms with Crippen LogP contribution < -0.4 is 16.8 Å². The summed E-state index contributed by atoms with van der Waals surface area (Å²) in [5, 5.41) is 6.47. The van der Waals surface area contributed by atoms with Gasteiger partial charge in [0.25, 0.3) is 5.91 Å². The molecule has 1 amide bonds. The molecule has 0 aliphatic carbocycles. The van der Waals surface area contributed by atoms with Crippen molar-refractivity contribution in [3.63, 3.8) is 0 Å². The molecule has 0 atom stereocenters. The van der Waals surface area contributed by atoms with Gasteiger partial charge in [-0.05, 0) is 18.2 Å². The van der Waals surface area contributed by atoms with E-state index in [1.54, 1.807) is 25.1 Å². The van der Waals surface area contributed by atoms with Crippen molar-refractivity contribution in [2.75, 3.05) is 18.0 Å². The van der Waals surface area contributed by atoms with Crippen LogP contribution in [0, 0.1) is 6.92 Å². The summed E-state index contributed by atoms with van der Waals surface area (Å²) in [7, 11) is 0. The molecule has 1 heterocycles. The molecule has 2 rings (SSSR count). The van der Waals surface area contributed by atoms with Gasteiger partial charge in [0, 0.05) is 31.3 Å². The van der Waals surface area contributed by atoms with Gasteiger partial charge in [0.15, 0.2) is 5.82 Å². The van der Waals surface area contributed by atoms with Crippen molar-refractivity contribution in [3.05, 3.63) is 35.5 Å². The summed E-state index contributed by atoms with van der Waals surface area (Å²) in [5.74, 6) is 0.810. The van der Waals surface area contributed by atoms with Crippen LogP contribution in [0.25, 0.3) is 0 Å². The lowest BCUT2D eigenvalue weighted by Gasteiger charge is -2.07. The standard InChI is InChI=1S/C12H15N5O2/c1-7-16-11(17-19-7)4-5-15-12(18)9-3-2-8(13)6-10(9)14/h2-3,6H,4-5,13-14H2,1H3,(H,15,18). The highest BCUT2D eigenvalue weighted by atomic mass is 16.5. The molecule has 0 unspecified atom stereocenters. The average molecular weight is 261 g/mol. The number of nitrogens with two attached hydrogens (primary N) is 2. The zero-order chi connectivity index (χ0) is 13.8. The average Bonchev–Trinajstić information content (AvgIpc) is 2.75. The Morgan fingerprint density at radius 1 is 1.42 bits per heavy atom. The molecule has 2 aromatic rings. The van der Waals surface area contributed by atoms with Crippen molar-refractivity contribution in [2.24, 2.45) is 0 Å². The number of hydrogen-bond acceptors (Lipinski definition) is 6. The Hall–Kier alpha value is -2.57. The van der Waals surface area contributed by atoms with Crippen LogP contribution in [0.3, 0.4) is 0 Å². The molecule has 100 valence electrons. The molecule has 0 radical (unpaired) electrons. The van der Waals surface area contributed by atoms with Crippen LogP contribution in [0.15, 0.2) is 22.7 Å². The van der Waals surface area contributed by atoms with Crippen LogP contribution in [0.4, 0.5) is 11.4 Å². The zero-order valence-electron chi connectivity index (χ0n) is 10.5. The third-order valence-electron chi connectivity index (χ3n) is 2.52. The Morgan fingerprint density at radius 3 is 2.84 bits per heavy atom. The van der Waals surface area contributed by atoms with Crippen LogP contribution in [0.1, 0.15) is 22.1 Å². The van der Waals surface area contributed by atoms with E-state index >= 15 is 0 Å². The molecule has 5 N–H and O–H groups in total. The monoisotopic (exact) mass is 261 g/mol. The molecular formula is C12H15N5O2. The summed E-state index contributed by atoms with van der Waals surface area (Å²) in [6, 6.07) is 4.78. The highest BCUT2D eigenvalue weighted by molar-refractivity contribution is 5.99. The molecule has 1 aromatic carbocycles. The lowest BCUT2D eigenvalue weighted by molar-refractivity contribution is 0.0955. The van der Waals surface area contributed by atoms with Crippen molar-refractivity contribution >= 4 is 17.3 Å². The predicted octanol–water partition coefficient (Wildman–Crippen LogP) is 0.515. The summed E-state index contributed by atoms with van der Waals surface area (Å²) in [6.45, 7) is 2.12. The third-order valence-corrected chi connectivity index (χ3v) is 2.52. The van der Waals surface area contributed by atoms with E-state index in [9.17, 15) is 4.79 Å². The molecule has 7 nitrogen and oxygen atoms in total. The summed E-state index contributed by atoms with van der Waals surface area (Å²) < 4.78 is 4.83. The van der Waals surface area contributed by atoms with Crippen molar-refractivity contribution in [1.29, 1.82) is 0 Å². The second-order valence-corrected chi connectivity index (χ2v) is 4.08. The summed E-state index contributed by atoms with van der Waals surface area (Å²) >= 11 is 0. The molecule has 0 saturated heterocycles. The second-order valence-electron chi connectivity index (χ2n) is 4.08. The SMILES string of the molecule is Cc1nc(CCNC(=O)c2ccc(N)cc2N)no1. The maximum atomic E-state index is 11.9. The Labute approximate surface area is 110 Å². The molecule has 0 aliphatic rings. The van der Waals surface area contributed by atoms with E-state index in [1.807, 2.05) is 0 Å². The molecule has 0 aliphatic heterocycles. The Kier molecular flexibility index (Phi) is 3.65. The first-order valence-electron chi connectivity index (χ1n) is 5.78. The predicted molar refractivity (Wildman–Crippen MR) is 70.3 cm³/mol. The van der Waals surface area contributed by atoms with Crippen molar-refractivity contribution in [1.82, 2.24) is 15.5 Å². The van der Waals surface area contributed by atoms with E-state index < -0.39 is 0 Å². The Bertz CT molecular complexity index is 594. The van der Waals surface area contributed by atoms with Gasteiger partial charge in [0.2, 0.25) is 5.89 Å². The van der Waals surface area contributed by atoms with Crippen LogP contribution in [-0.4, -0.2) is 22.6 Å². The minimum absolute atomic E-state index is 0.252. The number of nitrogen functional groups attached to an aromatic ring is 2. The zero-order valence-corrected chi connectivity index (χ0v) is 10.5. The lowest BCUT2D eigenvalue weighted by atomic mass is 10.1. The molecule has 0 bridgehead atoms. The maximum Gasteiger partial charge on any atom is 0.253 e. The third kappa shape index (κ3) is 3.21. The summed E-state index contributed by atoms with van der Waals surface area (Å²) in [5.41, 5.74) is 12.6. The first-order valence-corrected chi connectivity index (χ1v) is 5.78. The first kappa shape index (κ1) is 12.9. The Morgan fingerprint density at radius 2 is 2.21 bits per heavy atom. The molecule has 0 saturated carbocycles. The van der Waals surface area contributed by atoms with E-state index in [-0.39, 0.29) is 5.91 Å². The smallest absolute Gasteiger partial charge is 0.253 e. The maximum absolute atomic E-state index is 11.9. The second kappa shape index (κ2) is 5.38. The quantitative estimate of drug-likeness (QED) is 0.690. The van der Waals surface area contributed by atoms with Gasteiger partial charge in [0.1, 0.15) is 0 Å². The fourth-order valence-electron chi connectivity index (χ4n) is 1.61. The number of benzene rings is 1. The van der Waals surface area contributed by atoms with Gasteiger partial charge in [0.05, 0.1) is 5.56 Å². The van der Waals surface area contributed by atoms with Gasteiger partial charge in [-0.2, -0.15) is 4.98 Å². The highest BCUT2D eigenvalue weighted by Gasteiger charge is 2.10. The number of carbonyl (C=O) groups excluding carboxylic acids is 1. The van der Waals surface area contributed by atoms with E-state index in [0.29, 0.717) is 41.6 Å². The van der Waals surface area contributed by atoms with Gasteiger partial charge >= 0.3 is 0 Å². The van der Waals surface area contributed by atoms with Gasteiger partial charge in [-0.3, -0.25) is 4.79 Å². The van der Waals surface area contributed by atoms with Crippen LogP contribution in [-0.2, 0) is 6.42 Å². The van der Waals surface area contributed by atoms with Crippen LogP contribution in [0.2, 0.25) is 0 Å². The van der Waals surface area contributed by atoms with E-state index in [4.69, 9.17) is 16.0 Å². The molecule has 0 fully saturated rings. The minimum atomic E-state index is -0.252. The number of carbonyl (C=O) groups is 1. The molecule has 1 aromatic heterocycles. The summed E-state index contributed by atoms with van der Waals surface area (Å²) in [4.78, 5) is 15.9. The normalized spacial score (nSPS) is 10.4. The largest absolute Gasteiger partial charge is 0.399 e. The van der Waals surface area contributed by atoms with Crippen molar-refractivity contribution in [3.8, 4) is 0 Å². The topological polar surface area (TPSA) is 120 Å². The molecule has 7 heteroatoms. The number of nitrogens with one attached hydrogen (secondary N) is 1. The van der Waals surface area contributed by atoms with Crippen LogP contribution >= 0.6 is 0 Å². The fraction of sp³-hybridized carbons (Fsp3) is 0.250. The van der Waals surface area contributed by atoms with E-state index in [1.165, 1.54) is 0 Å². The lowest BCUT2D eigenvalue weighted by Crippen LogP contribution is -2.26. The number of aromatic nitrogens is 2. The van der Waals surface area contributed by atoms with Gasteiger partial charge in [-0.25, -0.2) is 0 Å². The molecule has 19 heavy (non-hydrogen) atoms. The van der Waals surface area contributed by atoms with Gasteiger partial charge in [-0.15, -0.1) is 0 Å². The number of aryl methyl sites for hydroxylation is 1. The van der Waals surface area contributed by atoms with Crippen molar-refractivity contribution in [2.45, 2.75) is 13.3 Å². The minimum Gasteiger partial charge on any atom is -0.399 e. The Balaban J connectivity index is 1.90. The molecular weight excluding hydrogens is 246 g/mol.